The van der Waals surface area contributed by atoms with Gasteiger partial charge in [0.15, 0.2) is 5.69 Å². The molecule has 182 valence electrons. The van der Waals surface area contributed by atoms with Crippen LogP contribution in [0.1, 0.15) is 22.5 Å². The Bertz CT molecular complexity index is 1420. The first-order valence-corrected chi connectivity index (χ1v) is 10.1. The molecule has 2 heterocycles. The normalized spacial score (nSPS) is 12.2. The van der Waals surface area contributed by atoms with E-state index in [1.54, 1.807) is 18.2 Å². The van der Waals surface area contributed by atoms with E-state index in [4.69, 9.17) is 0 Å². The largest absolute Gasteiger partial charge is 0.435 e. The molecule has 2 aromatic heterocycles. The topological polar surface area (TPSA) is 79.3 Å². The Kier molecular flexibility index (Phi) is 6.14. The van der Waals surface area contributed by atoms with E-state index < -0.39 is 35.1 Å². The fourth-order valence-corrected chi connectivity index (χ4v) is 3.52. The average Bonchev–Trinajstić information content (AvgIpc) is 3.19. The number of carbonyl (C=O) groups excluding carboxylic acids is 1. The van der Waals surface area contributed by atoms with Crippen LogP contribution in [0.4, 0.5) is 26.3 Å². The number of halogens is 6. The van der Waals surface area contributed by atoms with E-state index in [1.807, 2.05) is 0 Å². The minimum absolute atomic E-state index is 0.120. The van der Waals surface area contributed by atoms with Crippen molar-refractivity contribution in [2.24, 2.45) is 0 Å². The number of hydrogen-bond acceptors (Lipinski definition) is 3. The van der Waals surface area contributed by atoms with Gasteiger partial charge in [0, 0.05) is 11.8 Å². The molecule has 0 atom stereocenters. The Morgan fingerprint density at radius 2 is 1.60 bits per heavy atom. The van der Waals surface area contributed by atoms with Gasteiger partial charge in [-0.3, -0.25) is 9.59 Å². The summed E-state index contributed by atoms with van der Waals surface area (Å²) >= 11 is 0. The summed E-state index contributed by atoms with van der Waals surface area (Å²) in [5, 5.41) is 5.95. The van der Waals surface area contributed by atoms with Crippen molar-refractivity contribution < 1.29 is 31.1 Å². The third kappa shape index (κ3) is 5.20. The number of aromatic amines is 1. The molecule has 2 N–H and O–H groups in total. The van der Waals surface area contributed by atoms with Crippen LogP contribution >= 0.6 is 0 Å². The van der Waals surface area contributed by atoms with E-state index in [-0.39, 0.29) is 35.4 Å². The lowest BCUT2D eigenvalue weighted by Gasteiger charge is -2.09. The summed E-state index contributed by atoms with van der Waals surface area (Å²) in [6, 6.07) is 12.7. The number of nitrogens with one attached hydrogen (secondary N) is 2. The number of carbonyl (C=O) groups is 1. The van der Waals surface area contributed by atoms with Crippen LogP contribution in [-0.4, -0.2) is 20.5 Å². The van der Waals surface area contributed by atoms with Crippen LogP contribution in [0.5, 0.6) is 0 Å². The van der Waals surface area contributed by atoms with Crippen molar-refractivity contribution in [3.05, 3.63) is 93.5 Å². The lowest BCUT2D eigenvalue weighted by atomic mass is 10.1. The lowest BCUT2D eigenvalue weighted by molar-refractivity contribution is -0.141. The molecule has 0 aliphatic heterocycles. The van der Waals surface area contributed by atoms with E-state index in [0.717, 1.165) is 18.2 Å². The highest BCUT2D eigenvalue weighted by Gasteiger charge is 2.39. The maximum absolute atomic E-state index is 13.6. The molecule has 0 aliphatic rings. The highest BCUT2D eigenvalue weighted by molar-refractivity contribution is 5.81. The molecule has 35 heavy (non-hydrogen) atoms. The molecule has 4 aromatic rings. The third-order valence-electron chi connectivity index (χ3n) is 5.12. The van der Waals surface area contributed by atoms with Crippen LogP contribution in [0, 0.1) is 0 Å². The average molecular weight is 494 g/mol. The van der Waals surface area contributed by atoms with Crippen molar-refractivity contribution >= 4 is 11.6 Å². The monoisotopic (exact) mass is 494 g/mol. The Morgan fingerprint density at radius 1 is 0.943 bits per heavy atom. The molecule has 0 spiro atoms. The molecule has 12 heteroatoms. The maximum atomic E-state index is 13.6. The van der Waals surface area contributed by atoms with Crippen LogP contribution in [-0.2, 0) is 30.1 Å². The van der Waals surface area contributed by atoms with Gasteiger partial charge in [0.05, 0.1) is 24.1 Å². The van der Waals surface area contributed by atoms with Crippen LogP contribution < -0.4 is 10.9 Å². The third-order valence-corrected chi connectivity index (χ3v) is 5.12. The van der Waals surface area contributed by atoms with Crippen LogP contribution in [0.15, 0.2) is 65.5 Å². The van der Waals surface area contributed by atoms with Crippen molar-refractivity contribution in [1.82, 2.24) is 19.9 Å². The number of aromatic nitrogens is 3. The van der Waals surface area contributed by atoms with Gasteiger partial charge in [-0.25, -0.2) is 0 Å². The molecule has 4 rings (SSSR count). The number of amides is 1. The quantitative estimate of drug-likeness (QED) is 0.399. The van der Waals surface area contributed by atoms with Gasteiger partial charge >= 0.3 is 12.4 Å². The Balaban J connectivity index is 1.59. The smallest absolute Gasteiger partial charge is 0.350 e. The van der Waals surface area contributed by atoms with E-state index in [9.17, 15) is 35.9 Å². The zero-order chi connectivity index (χ0) is 25.4. The van der Waals surface area contributed by atoms with E-state index >= 15 is 0 Å². The van der Waals surface area contributed by atoms with Gasteiger partial charge < -0.3 is 10.3 Å². The van der Waals surface area contributed by atoms with Crippen LogP contribution in [0.2, 0.25) is 0 Å². The van der Waals surface area contributed by atoms with E-state index in [2.05, 4.69) is 15.4 Å². The standard InChI is InChI=1S/C23H16F6N4O2/c24-22(25,26)15-8-6-13(7-9-15)10-17(34)30-12-16-11-18(35)33-21(31-16)19(14-4-2-1-3-5-14)20(32-33)23(27,28)29/h1-9,11,31H,10,12H2,(H,30,34). The molecule has 0 fully saturated rings. The predicted octanol–water partition coefficient (Wildman–Crippen LogP) is 4.59. The molecule has 0 saturated heterocycles. The number of benzene rings is 2. The highest BCUT2D eigenvalue weighted by atomic mass is 19.4. The Hall–Kier alpha value is -4.09. The summed E-state index contributed by atoms with van der Waals surface area (Å²) in [7, 11) is 0. The maximum Gasteiger partial charge on any atom is 0.435 e. The zero-order valence-corrected chi connectivity index (χ0v) is 17.7. The van der Waals surface area contributed by atoms with E-state index in [0.29, 0.717) is 10.1 Å². The Labute approximate surface area is 193 Å². The Morgan fingerprint density at radius 3 is 2.20 bits per heavy atom. The van der Waals surface area contributed by atoms with Gasteiger partial charge in [0.1, 0.15) is 5.65 Å². The lowest BCUT2D eigenvalue weighted by Crippen LogP contribution is -2.26. The van der Waals surface area contributed by atoms with Gasteiger partial charge in [0.25, 0.3) is 5.56 Å². The molecular weight excluding hydrogens is 478 g/mol. The second kappa shape index (κ2) is 8.93. The summed E-state index contributed by atoms with van der Waals surface area (Å²) in [4.78, 5) is 27.5. The number of alkyl halides is 6. The van der Waals surface area contributed by atoms with Crippen LogP contribution in [0.25, 0.3) is 16.8 Å². The van der Waals surface area contributed by atoms with Gasteiger partial charge in [-0.05, 0) is 23.3 Å². The molecule has 0 unspecified atom stereocenters. The van der Waals surface area contributed by atoms with Crippen molar-refractivity contribution in [1.29, 1.82) is 0 Å². The van der Waals surface area contributed by atoms with Gasteiger partial charge in [-0.1, -0.05) is 42.5 Å². The first-order valence-electron chi connectivity index (χ1n) is 10.1. The molecule has 0 saturated carbocycles. The SMILES string of the molecule is O=C(Cc1ccc(C(F)(F)F)cc1)NCc1cc(=O)n2nc(C(F)(F)F)c(-c3ccccc3)c2[nH]1. The minimum atomic E-state index is -4.83. The number of hydrogen-bond donors (Lipinski definition) is 2. The summed E-state index contributed by atoms with van der Waals surface area (Å²) in [6.45, 7) is -0.230. The molecule has 2 aromatic carbocycles. The first-order chi connectivity index (χ1) is 16.4. The first kappa shape index (κ1) is 24.0. The zero-order valence-electron chi connectivity index (χ0n) is 17.7. The number of rotatable bonds is 5. The summed E-state index contributed by atoms with van der Waals surface area (Å²) in [5.74, 6) is -0.557. The fourth-order valence-electron chi connectivity index (χ4n) is 3.52. The second-order valence-electron chi connectivity index (χ2n) is 7.63. The van der Waals surface area contributed by atoms with Crippen molar-refractivity contribution in [3.8, 4) is 11.1 Å². The summed E-state index contributed by atoms with van der Waals surface area (Å²) in [5.41, 5.74) is -2.78. The number of H-pyrrole nitrogens is 1. The van der Waals surface area contributed by atoms with Crippen molar-refractivity contribution in [2.75, 3.05) is 0 Å². The highest BCUT2D eigenvalue weighted by Crippen LogP contribution is 2.38. The molecule has 1 amide bonds. The molecule has 0 aliphatic carbocycles. The van der Waals surface area contributed by atoms with Gasteiger partial charge in [-0.2, -0.15) is 36.0 Å². The van der Waals surface area contributed by atoms with Crippen molar-refractivity contribution in [2.45, 2.75) is 25.3 Å². The second-order valence-corrected chi connectivity index (χ2v) is 7.63. The number of nitrogens with zero attached hydrogens (tertiary/aromatic N) is 2. The molecule has 0 bridgehead atoms. The van der Waals surface area contributed by atoms with Gasteiger partial charge in [0.2, 0.25) is 5.91 Å². The fraction of sp³-hybridized carbons (Fsp3) is 0.174. The predicted molar refractivity (Wildman–Crippen MR) is 113 cm³/mol. The van der Waals surface area contributed by atoms with Crippen molar-refractivity contribution in [3.63, 3.8) is 0 Å². The molecular formula is C23H16F6N4O2. The molecule has 0 radical (unpaired) electrons. The minimum Gasteiger partial charge on any atom is -0.350 e. The summed E-state index contributed by atoms with van der Waals surface area (Å²) < 4.78 is 79.5. The molecule has 6 nitrogen and oxygen atoms in total. The summed E-state index contributed by atoms with van der Waals surface area (Å²) in [6.07, 6.45) is -9.55. The van der Waals surface area contributed by atoms with Crippen LogP contribution in [0.3, 0.4) is 0 Å². The van der Waals surface area contributed by atoms with E-state index in [1.165, 1.54) is 24.3 Å². The number of fused-ring (bicyclic) bond motifs is 1. The van der Waals surface area contributed by atoms with Gasteiger partial charge in [-0.15, -0.1) is 0 Å².